The Morgan fingerprint density at radius 1 is 1.26 bits per heavy atom. The molecule has 120 valence electrons. The van der Waals surface area contributed by atoms with Crippen LogP contribution in [0.4, 0.5) is 5.69 Å². The van der Waals surface area contributed by atoms with Crippen molar-refractivity contribution in [2.24, 2.45) is 0 Å². The summed E-state index contributed by atoms with van der Waals surface area (Å²) in [5, 5.41) is 3.12. The Balaban J connectivity index is 2.03. The average Bonchev–Trinajstić information content (AvgIpc) is 2.53. The molecule has 0 radical (unpaired) electrons. The van der Waals surface area contributed by atoms with Crippen molar-refractivity contribution in [3.63, 3.8) is 0 Å². The molecule has 0 atom stereocenters. The lowest BCUT2D eigenvalue weighted by molar-refractivity contribution is -0.118. The summed E-state index contributed by atoms with van der Waals surface area (Å²) < 4.78 is 11.3. The van der Waals surface area contributed by atoms with E-state index < -0.39 is 5.91 Å². The number of anilines is 1. The molecule has 7 heteroatoms. The summed E-state index contributed by atoms with van der Waals surface area (Å²) in [7, 11) is 1.49. The zero-order valence-corrected chi connectivity index (χ0v) is 14.5. The number of halogens is 2. The average molecular weight is 399 g/mol. The Morgan fingerprint density at radius 2 is 2.00 bits per heavy atom. The largest absolute Gasteiger partial charge is 0.495 e. The number of carbonyl (C=O) groups is 2. The highest BCUT2D eigenvalue weighted by atomic mass is 79.9. The molecule has 2 rings (SSSR count). The Labute approximate surface area is 146 Å². The Kier molecular flexibility index (Phi) is 6.01. The third-order valence-corrected chi connectivity index (χ3v) is 3.62. The van der Waals surface area contributed by atoms with Crippen molar-refractivity contribution in [3.8, 4) is 11.5 Å². The van der Waals surface area contributed by atoms with Gasteiger partial charge in [-0.15, -0.1) is 0 Å². The fraction of sp³-hybridized carbons (Fsp3) is 0.125. The van der Waals surface area contributed by atoms with Crippen molar-refractivity contribution in [1.29, 1.82) is 0 Å². The predicted octanol–water partition coefficient (Wildman–Crippen LogP) is 3.94. The van der Waals surface area contributed by atoms with Gasteiger partial charge in [-0.05, 0) is 36.4 Å². The summed E-state index contributed by atoms with van der Waals surface area (Å²) >= 11 is 9.17. The molecule has 0 unspecified atom stereocenters. The Bertz CT molecular complexity index is 736. The maximum absolute atomic E-state index is 12.0. The number of amides is 1. The molecule has 0 bridgehead atoms. The minimum Gasteiger partial charge on any atom is -0.495 e. The monoisotopic (exact) mass is 397 g/mol. The highest BCUT2D eigenvalue weighted by molar-refractivity contribution is 9.10. The summed E-state index contributed by atoms with van der Waals surface area (Å²) in [5.74, 6) is 0.418. The number of methoxy groups -OCH3 is 1. The molecule has 2 aromatic carbocycles. The van der Waals surface area contributed by atoms with Crippen LogP contribution in [0.25, 0.3) is 0 Å². The van der Waals surface area contributed by atoms with Gasteiger partial charge in [-0.3, -0.25) is 9.59 Å². The molecule has 1 amide bonds. The lowest BCUT2D eigenvalue weighted by Crippen LogP contribution is -2.20. The highest BCUT2D eigenvalue weighted by Gasteiger charge is 2.11. The fourth-order valence-corrected chi connectivity index (χ4v) is 2.40. The minimum atomic E-state index is -0.398. The van der Waals surface area contributed by atoms with Gasteiger partial charge in [0.15, 0.2) is 12.9 Å². The lowest BCUT2D eigenvalue weighted by atomic mass is 10.2. The van der Waals surface area contributed by atoms with Crippen LogP contribution < -0.4 is 14.8 Å². The molecule has 2 aromatic rings. The summed E-state index contributed by atoms with van der Waals surface area (Å²) in [5.41, 5.74) is 0.799. The van der Waals surface area contributed by atoms with E-state index in [2.05, 4.69) is 21.2 Å². The fourth-order valence-electron chi connectivity index (χ4n) is 1.85. The summed E-state index contributed by atoms with van der Waals surface area (Å²) in [6.07, 6.45) is 0.665. The van der Waals surface area contributed by atoms with Crippen LogP contribution in [-0.2, 0) is 4.79 Å². The standard InChI is InChI=1S/C16H13BrClNO4/c1-22-15-5-3-12(18)7-13(15)19-16(21)9-23-14-4-2-11(17)6-10(14)8-20/h2-8H,9H2,1H3,(H,19,21). The molecule has 5 nitrogen and oxygen atoms in total. The van der Waals surface area contributed by atoms with Crippen LogP contribution in [-0.4, -0.2) is 25.9 Å². The third kappa shape index (κ3) is 4.71. The Morgan fingerprint density at radius 3 is 2.70 bits per heavy atom. The van der Waals surface area contributed by atoms with Crippen LogP contribution in [0.15, 0.2) is 40.9 Å². The van der Waals surface area contributed by atoms with Crippen LogP contribution in [0.1, 0.15) is 10.4 Å². The van der Waals surface area contributed by atoms with Gasteiger partial charge in [-0.25, -0.2) is 0 Å². The van der Waals surface area contributed by atoms with E-state index in [0.29, 0.717) is 34.1 Å². The first-order valence-electron chi connectivity index (χ1n) is 6.54. The van der Waals surface area contributed by atoms with Gasteiger partial charge in [-0.2, -0.15) is 0 Å². The summed E-state index contributed by atoms with van der Waals surface area (Å²) in [4.78, 5) is 23.0. The highest BCUT2D eigenvalue weighted by Crippen LogP contribution is 2.27. The quantitative estimate of drug-likeness (QED) is 0.749. The maximum Gasteiger partial charge on any atom is 0.262 e. The molecule has 0 aromatic heterocycles. The topological polar surface area (TPSA) is 64.6 Å². The molecule has 23 heavy (non-hydrogen) atoms. The molecule has 1 N–H and O–H groups in total. The number of nitrogens with one attached hydrogen (secondary N) is 1. The van der Waals surface area contributed by atoms with Crippen molar-refractivity contribution in [2.75, 3.05) is 19.0 Å². The summed E-state index contributed by atoms with van der Waals surface area (Å²) in [6.45, 7) is -0.252. The van der Waals surface area contributed by atoms with Gasteiger partial charge in [0.05, 0.1) is 18.4 Å². The van der Waals surface area contributed by atoms with Gasteiger partial charge in [-0.1, -0.05) is 27.5 Å². The number of rotatable bonds is 6. The zero-order chi connectivity index (χ0) is 16.8. The van der Waals surface area contributed by atoms with Gasteiger partial charge >= 0.3 is 0 Å². The van der Waals surface area contributed by atoms with Gasteiger partial charge in [0.25, 0.3) is 5.91 Å². The second-order valence-corrected chi connectivity index (χ2v) is 5.83. The van der Waals surface area contributed by atoms with E-state index >= 15 is 0 Å². The number of benzene rings is 2. The molecule has 0 fully saturated rings. The van der Waals surface area contributed by atoms with E-state index in [1.54, 1.807) is 36.4 Å². The third-order valence-electron chi connectivity index (χ3n) is 2.89. The predicted molar refractivity (Wildman–Crippen MR) is 91.7 cm³/mol. The number of carbonyl (C=O) groups excluding carboxylic acids is 2. The lowest BCUT2D eigenvalue weighted by Gasteiger charge is -2.12. The first kappa shape index (κ1) is 17.3. The van der Waals surface area contributed by atoms with Gasteiger partial charge in [0, 0.05) is 9.50 Å². The summed E-state index contributed by atoms with van der Waals surface area (Å²) in [6, 6.07) is 9.83. The first-order chi connectivity index (χ1) is 11.0. The maximum atomic E-state index is 12.0. The minimum absolute atomic E-state index is 0.252. The van der Waals surface area contributed by atoms with E-state index in [9.17, 15) is 9.59 Å². The van der Waals surface area contributed by atoms with Crippen LogP contribution in [0.5, 0.6) is 11.5 Å². The molecule has 0 aliphatic carbocycles. The zero-order valence-electron chi connectivity index (χ0n) is 12.1. The number of hydrogen-bond acceptors (Lipinski definition) is 4. The second kappa shape index (κ2) is 7.99. The van der Waals surface area contributed by atoms with Crippen LogP contribution in [0.3, 0.4) is 0 Å². The van der Waals surface area contributed by atoms with Crippen molar-refractivity contribution in [3.05, 3.63) is 51.5 Å². The first-order valence-corrected chi connectivity index (χ1v) is 7.71. The van der Waals surface area contributed by atoms with E-state index in [4.69, 9.17) is 21.1 Å². The van der Waals surface area contributed by atoms with Gasteiger partial charge in [0.1, 0.15) is 11.5 Å². The molecular formula is C16H13BrClNO4. The second-order valence-electron chi connectivity index (χ2n) is 4.48. The number of hydrogen-bond donors (Lipinski definition) is 1. The van der Waals surface area contributed by atoms with Crippen LogP contribution >= 0.6 is 27.5 Å². The molecule has 0 aliphatic heterocycles. The van der Waals surface area contributed by atoms with Crippen molar-refractivity contribution >= 4 is 45.4 Å². The number of aldehydes is 1. The smallest absolute Gasteiger partial charge is 0.262 e. The van der Waals surface area contributed by atoms with Crippen LogP contribution in [0.2, 0.25) is 5.02 Å². The number of ether oxygens (including phenoxy) is 2. The normalized spacial score (nSPS) is 10.0. The molecular weight excluding hydrogens is 386 g/mol. The molecule has 0 saturated carbocycles. The molecule has 0 heterocycles. The molecule has 0 spiro atoms. The van der Waals surface area contributed by atoms with Crippen molar-refractivity contribution in [1.82, 2.24) is 0 Å². The SMILES string of the molecule is COc1ccc(Cl)cc1NC(=O)COc1ccc(Br)cc1C=O. The van der Waals surface area contributed by atoms with E-state index in [1.165, 1.54) is 7.11 Å². The van der Waals surface area contributed by atoms with Gasteiger partial charge in [0.2, 0.25) is 0 Å². The van der Waals surface area contributed by atoms with Crippen molar-refractivity contribution < 1.29 is 19.1 Å². The van der Waals surface area contributed by atoms with Crippen molar-refractivity contribution in [2.45, 2.75) is 0 Å². The molecule has 0 saturated heterocycles. The van der Waals surface area contributed by atoms with E-state index in [-0.39, 0.29) is 6.61 Å². The Hall–Kier alpha value is -2.05. The van der Waals surface area contributed by atoms with Gasteiger partial charge < -0.3 is 14.8 Å². The van der Waals surface area contributed by atoms with Crippen LogP contribution in [0, 0.1) is 0 Å². The van der Waals surface area contributed by atoms with E-state index in [0.717, 1.165) is 4.47 Å². The molecule has 0 aliphatic rings. The van der Waals surface area contributed by atoms with E-state index in [1.807, 2.05) is 0 Å².